The Balaban J connectivity index is 0.000000367. The number of nitrogens with two attached hydrogens (primary N) is 2. The number of fused-ring (bicyclic) bond motifs is 3. The average Bonchev–Trinajstić information content (AvgIpc) is 2.65. The molecule has 7 nitrogen and oxygen atoms in total. The normalized spacial score (nSPS) is 31.9. The summed E-state index contributed by atoms with van der Waals surface area (Å²) in [4.78, 5) is 24.4. The molecule has 2 bridgehead atoms. The number of aliphatic carboxylic acids is 2. The summed E-state index contributed by atoms with van der Waals surface area (Å²) in [7, 11) is 0. The van der Waals surface area contributed by atoms with Gasteiger partial charge in [0.25, 0.3) is 0 Å². The van der Waals surface area contributed by atoms with Gasteiger partial charge < -0.3 is 36.2 Å². The molecule has 0 aromatic rings. The summed E-state index contributed by atoms with van der Waals surface area (Å²) in [5.41, 5.74) is 9.76. The molecule has 0 radical (unpaired) electrons. The van der Waals surface area contributed by atoms with Gasteiger partial charge in [-0.3, -0.25) is 0 Å². The van der Waals surface area contributed by atoms with E-state index in [1.807, 2.05) is 0 Å². The van der Waals surface area contributed by atoms with Gasteiger partial charge in [0, 0.05) is 17.5 Å². The van der Waals surface area contributed by atoms with Crippen LogP contribution >= 0.6 is 0 Å². The molecule has 0 aromatic heterocycles. The minimum atomic E-state index is -1.86. The van der Waals surface area contributed by atoms with Gasteiger partial charge in [0.15, 0.2) is 0 Å². The molecule has 4 N–H and O–H groups in total. The van der Waals surface area contributed by atoms with E-state index >= 15 is 0 Å². The molecule has 4 rings (SSSR count). The summed E-state index contributed by atoms with van der Waals surface area (Å²) in [6, 6.07) is 0.562. The first-order chi connectivity index (χ1) is 12.7. The smallest absolute Gasteiger partial charge is 0.549 e. The maximum Gasteiger partial charge on any atom is 2.00 e. The van der Waals surface area contributed by atoms with Crippen molar-refractivity contribution in [3.05, 3.63) is 0 Å². The van der Waals surface area contributed by atoms with Crippen molar-refractivity contribution in [2.24, 2.45) is 22.3 Å². The Morgan fingerprint density at radius 3 is 1.79 bits per heavy atom. The first-order valence-corrected chi connectivity index (χ1v) is 10.3. The van der Waals surface area contributed by atoms with Gasteiger partial charge in [-0.1, -0.05) is 19.3 Å². The summed E-state index contributed by atoms with van der Waals surface area (Å²) < 4.78 is 0. The predicted octanol–water partition coefficient (Wildman–Crippen LogP) is -0.639. The van der Waals surface area contributed by atoms with E-state index in [2.05, 4.69) is 4.90 Å². The third-order valence-electron chi connectivity index (χ3n) is 7.03. The van der Waals surface area contributed by atoms with Crippen molar-refractivity contribution in [3.63, 3.8) is 0 Å². The van der Waals surface area contributed by atoms with Crippen LogP contribution in [0.5, 0.6) is 0 Å². The number of hydrogen-bond donors (Lipinski definition) is 2. The second-order valence-electron chi connectivity index (χ2n) is 8.96. The van der Waals surface area contributed by atoms with Crippen LogP contribution in [0, 0.1) is 10.8 Å². The molecule has 1 aliphatic carbocycles. The molecule has 4 aliphatic rings. The molecule has 8 heteroatoms. The van der Waals surface area contributed by atoms with Crippen molar-refractivity contribution in [2.45, 2.75) is 83.2 Å². The quantitative estimate of drug-likeness (QED) is 0.402. The van der Waals surface area contributed by atoms with E-state index in [0.29, 0.717) is 11.8 Å². The van der Waals surface area contributed by atoms with Crippen LogP contribution < -0.4 is 21.7 Å². The Morgan fingerprint density at radius 1 is 1.00 bits per heavy atom. The fourth-order valence-electron chi connectivity index (χ4n) is 4.56. The van der Waals surface area contributed by atoms with E-state index in [9.17, 15) is 19.8 Å². The maximum atomic E-state index is 11.0. The van der Waals surface area contributed by atoms with Gasteiger partial charge in [0.2, 0.25) is 0 Å². The van der Waals surface area contributed by atoms with E-state index in [4.69, 9.17) is 11.5 Å². The van der Waals surface area contributed by atoms with E-state index in [1.165, 1.54) is 19.8 Å². The molecule has 2 atom stereocenters. The molecule has 4 fully saturated rings. The van der Waals surface area contributed by atoms with Crippen molar-refractivity contribution >= 4 is 11.9 Å². The van der Waals surface area contributed by atoms with Crippen molar-refractivity contribution in [2.75, 3.05) is 19.6 Å². The Morgan fingerprint density at radius 2 is 1.43 bits per heavy atom. The summed E-state index contributed by atoms with van der Waals surface area (Å²) in [5, 5.41) is 21.9. The number of piperidine rings is 3. The van der Waals surface area contributed by atoms with Crippen LogP contribution in [0.2, 0.25) is 0 Å². The fourth-order valence-corrected chi connectivity index (χ4v) is 4.56. The standard InChI is InChI=1S/C14H23NO4.C6H14N2.Pt/c1-13(11(16)17,12(18)19)3-2-4-14-5-8-15(9-6-14)10-7-14;7-5-3-1-2-4-6(5)8;/h2-10H2,1H3,(H,16,17)(H,18,19);5-6H,1-4,7-8H2;/q;;+2/p-2. The minimum Gasteiger partial charge on any atom is -0.549 e. The summed E-state index contributed by atoms with van der Waals surface area (Å²) in [6.07, 6.45) is 9.88. The number of nitrogens with zero attached hydrogens (tertiary/aromatic N) is 1. The predicted molar refractivity (Wildman–Crippen MR) is 99.1 cm³/mol. The van der Waals surface area contributed by atoms with Gasteiger partial charge in [-0.25, -0.2) is 0 Å². The SMILES string of the molecule is CC(CCCC12CCN(CC1)CC2)(C(=O)[O-])C(=O)[O-].NC1CCCCC1N.[Pt+2]. The molecule has 1 saturated carbocycles. The number of rotatable bonds is 6. The first-order valence-electron chi connectivity index (χ1n) is 10.3. The molecule has 2 unspecified atom stereocenters. The van der Waals surface area contributed by atoms with Crippen molar-refractivity contribution < 1.29 is 40.9 Å². The van der Waals surface area contributed by atoms with Gasteiger partial charge >= 0.3 is 21.1 Å². The Labute approximate surface area is 182 Å². The average molecular weight is 577 g/mol. The molecular weight excluding hydrogens is 541 g/mol. The molecule has 3 saturated heterocycles. The third-order valence-corrected chi connectivity index (χ3v) is 7.03. The second kappa shape index (κ2) is 11.1. The number of hydrogen-bond acceptors (Lipinski definition) is 7. The van der Waals surface area contributed by atoms with E-state index in [-0.39, 0.29) is 39.6 Å². The first kappa shape index (κ1) is 25.5. The van der Waals surface area contributed by atoms with E-state index in [1.54, 1.807) is 0 Å². The molecule has 164 valence electrons. The van der Waals surface area contributed by atoms with Crippen molar-refractivity contribution in [3.8, 4) is 0 Å². The molecule has 0 amide bonds. The van der Waals surface area contributed by atoms with Crippen LogP contribution in [0.1, 0.15) is 71.1 Å². The third kappa shape index (κ3) is 6.51. The summed E-state index contributed by atoms with van der Waals surface area (Å²) >= 11 is 0. The number of carboxylic acid groups (broad SMARTS) is 2. The molecule has 0 aromatic carbocycles. The van der Waals surface area contributed by atoms with Crippen molar-refractivity contribution in [1.29, 1.82) is 0 Å². The van der Waals surface area contributed by atoms with Crippen molar-refractivity contribution in [1.82, 2.24) is 4.90 Å². The zero-order valence-corrected chi connectivity index (χ0v) is 19.2. The zero-order chi connectivity index (χ0) is 20.1. The van der Waals surface area contributed by atoms with Gasteiger partial charge in [-0.2, -0.15) is 0 Å². The maximum absolute atomic E-state index is 11.0. The second-order valence-corrected chi connectivity index (χ2v) is 8.96. The van der Waals surface area contributed by atoms with E-state index in [0.717, 1.165) is 58.2 Å². The largest absolute Gasteiger partial charge is 2.00 e. The number of carbonyl (C=O) groups excluding carboxylic acids is 2. The summed E-state index contributed by atoms with van der Waals surface area (Å²) in [5.74, 6) is -3.08. The van der Waals surface area contributed by atoms with Crippen LogP contribution in [0.4, 0.5) is 0 Å². The van der Waals surface area contributed by atoms with Gasteiger partial charge in [-0.05, 0) is 76.9 Å². The monoisotopic (exact) mass is 576 g/mol. The fraction of sp³-hybridized carbons (Fsp3) is 0.900. The summed E-state index contributed by atoms with van der Waals surface area (Å²) in [6.45, 7) is 4.56. The van der Waals surface area contributed by atoms with Crippen LogP contribution in [-0.2, 0) is 30.7 Å². The van der Waals surface area contributed by atoms with Gasteiger partial charge in [0.1, 0.15) is 0 Å². The topological polar surface area (TPSA) is 136 Å². The molecule has 3 aliphatic heterocycles. The molecular formula is C20H35N3O4Pt. The number of carboxylic acids is 2. The van der Waals surface area contributed by atoms with Gasteiger partial charge in [0.05, 0.1) is 11.9 Å². The molecule has 28 heavy (non-hydrogen) atoms. The number of carbonyl (C=O) groups is 2. The van der Waals surface area contributed by atoms with Crippen LogP contribution in [0.15, 0.2) is 0 Å². The van der Waals surface area contributed by atoms with Crippen LogP contribution in [0.25, 0.3) is 0 Å². The molecule has 0 spiro atoms. The van der Waals surface area contributed by atoms with Crippen LogP contribution in [0.3, 0.4) is 0 Å². The molecule has 3 heterocycles. The Hall–Kier alpha value is -0.492. The Kier molecular flexibility index (Phi) is 10.1. The zero-order valence-electron chi connectivity index (χ0n) is 16.9. The van der Waals surface area contributed by atoms with E-state index < -0.39 is 17.4 Å². The minimum absolute atomic E-state index is 0. The van der Waals surface area contributed by atoms with Gasteiger partial charge in [-0.15, -0.1) is 0 Å². The Bertz CT molecular complexity index is 486. The van der Waals surface area contributed by atoms with Crippen LogP contribution in [-0.4, -0.2) is 48.6 Å².